The van der Waals surface area contributed by atoms with Crippen LogP contribution in [0.5, 0.6) is 0 Å². The second kappa shape index (κ2) is 9.62. The second-order valence-electron chi connectivity index (χ2n) is 8.80. The number of alkyl halides is 3. The Bertz CT molecular complexity index is 1210. The Morgan fingerprint density at radius 2 is 1.94 bits per heavy atom. The van der Waals surface area contributed by atoms with Crippen LogP contribution in [0.15, 0.2) is 42.9 Å². The molecule has 0 saturated carbocycles. The van der Waals surface area contributed by atoms with E-state index in [1.54, 1.807) is 34.1 Å². The number of nitrogens with one attached hydrogen (secondary N) is 1. The molecule has 186 valence electrons. The fourth-order valence-electron chi connectivity index (χ4n) is 4.11. The topological polar surface area (TPSA) is 116 Å². The van der Waals surface area contributed by atoms with Gasteiger partial charge in [0.2, 0.25) is 5.95 Å². The molecule has 0 atom stereocenters. The summed E-state index contributed by atoms with van der Waals surface area (Å²) in [6, 6.07) is 6.26. The summed E-state index contributed by atoms with van der Waals surface area (Å²) in [5.74, 6) is -1.05. The van der Waals surface area contributed by atoms with E-state index in [0.29, 0.717) is 31.6 Å². The first-order valence-corrected chi connectivity index (χ1v) is 11.0. The molecule has 3 aromatic rings. The minimum Gasteiger partial charge on any atom is -0.480 e. The lowest BCUT2D eigenvalue weighted by atomic mass is 9.91. The zero-order valence-electron chi connectivity index (χ0n) is 19.0. The molecule has 0 aliphatic carbocycles. The lowest BCUT2D eigenvalue weighted by Crippen LogP contribution is -2.48. The summed E-state index contributed by atoms with van der Waals surface area (Å²) in [6.45, 7) is 3.06. The number of hydrogen-bond acceptors (Lipinski definition) is 7. The van der Waals surface area contributed by atoms with E-state index in [2.05, 4.69) is 20.4 Å². The van der Waals surface area contributed by atoms with Gasteiger partial charge in [0, 0.05) is 36.7 Å². The van der Waals surface area contributed by atoms with E-state index >= 15 is 0 Å². The number of likely N-dealkylation sites (tertiary alicyclic amines) is 1. The molecule has 0 amide bonds. The van der Waals surface area contributed by atoms with E-state index < -0.39 is 23.4 Å². The number of aryl methyl sites for hydroxylation is 1. The van der Waals surface area contributed by atoms with E-state index in [4.69, 9.17) is 5.11 Å². The van der Waals surface area contributed by atoms with Gasteiger partial charge in [-0.15, -0.1) is 0 Å². The molecule has 3 heterocycles. The molecule has 35 heavy (non-hydrogen) atoms. The third-order valence-corrected chi connectivity index (χ3v) is 5.85. The van der Waals surface area contributed by atoms with Gasteiger partial charge in [0.05, 0.1) is 24.9 Å². The van der Waals surface area contributed by atoms with Crippen molar-refractivity contribution in [2.24, 2.45) is 0 Å². The van der Waals surface area contributed by atoms with Crippen molar-refractivity contribution in [1.29, 1.82) is 0 Å². The standard InChI is InChI=1S/C23H25F3N6O3/c1-15-8-16(10-18(9-15)29-21-27-5-2-19(30-21)23(24,25)26)17-11-28-32(12-17)14-22(35)3-6-31(7-4-22)13-20(33)34/h2,5,8-12,35H,3-4,6-7,13-14H2,1H3,(H,33,34)(H,27,29,30). The first-order valence-electron chi connectivity index (χ1n) is 11.0. The molecule has 0 bridgehead atoms. The van der Waals surface area contributed by atoms with Gasteiger partial charge in [0.1, 0.15) is 5.69 Å². The quantitative estimate of drug-likeness (QED) is 0.462. The summed E-state index contributed by atoms with van der Waals surface area (Å²) < 4.78 is 40.5. The number of halogens is 3. The van der Waals surface area contributed by atoms with Crippen molar-refractivity contribution in [1.82, 2.24) is 24.6 Å². The van der Waals surface area contributed by atoms with Gasteiger partial charge in [-0.1, -0.05) is 6.07 Å². The molecule has 1 saturated heterocycles. The SMILES string of the molecule is Cc1cc(Nc2nccc(C(F)(F)F)n2)cc(-c2cnn(CC3(O)CCN(CC(=O)O)CC3)c2)c1. The van der Waals surface area contributed by atoms with E-state index in [1.807, 2.05) is 13.0 Å². The van der Waals surface area contributed by atoms with Gasteiger partial charge in [-0.05, 0) is 49.1 Å². The number of carbonyl (C=O) groups is 1. The van der Waals surface area contributed by atoms with Gasteiger partial charge < -0.3 is 15.5 Å². The molecular formula is C23H25F3N6O3. The highest BCUT2D eigenvalue weighted by Crippen LogP contribution is 2.30. The third-order valence-electron chi connectivity index (χ3n) is 5.85. The predicted molar refractivity (Wildman–Crippen MR) is 121 cm³/mol. The molecule has 1 aliphatic heterocycles. The number of benzene rings is 1. The first kappa shape index (κ1) is 24.6. The van der Waals surface area contributed by atoms with Crippen molar-refractivity contribution < 1.29 is 28.2 Å². The average Bonchev–Trinajstić information content (AvgIpc) is 3.22. The molecule has 0 spiro atoms. The largest absolute Gasteiger partial charge is 0.480 e. The zero-order valence-corrected chi connectivity index (χ0v) is 19.0. The minimum atomic E-state index is -4.57. The molecule has 2 aromatic heterocycles. The van der Waals surface area contributed by atoms with Gasteiger partial charge in [-0.2, -0.15) is 18.3 Å². The molecule has 12 heteroatoms. The molecule has 1 aliphatic rings. The van der Waals surface area contributed by atoms with Crippen LogP contribution in [0.4, 0.5) is 24.8 Å². The second-order valence-corrected chi connectivity index (χ2v) is 8.80. The first-order chi connectivity index (χ1) is 16.5. The maximum absolute atomic E-state index is 13.0. The molecular weight excluding hydrogens is 465 g/mol. The lowest BCUT2D eigenvalue weighted by Gasteiger charge is -2.37. The van der Waals surface area contributed by atoms with Crippen LogP contribution in [0, 0.1) is 6.92 Å². The Kier molecular flexibility index (Phi) is 6.77. The normalized spacial score (nSPS) is 16.3. The van der Waals surface area contributed by atoms with Crippen LogP contribution in [0.2, 0.25) is 0 Å². The Morgan fingerprint density at radius 1 is 1.20 bits per heavy atom. The van der Waals surface area contributed by atoms with Gasteiger partial charge in [0.15, 0.2) is 0 Å². The van der Waals surface area contributed by atoms with Crippen LogP contribution in [0.1, 0.15) is 24.1 Å². The number of anilines is 2. The maximum Gasteiger partial charge on any atom is 0.433 e. The van der Waals surface area contributed by atoms with Crippen molar-refractivity contribution >= 4 is 17.6 Å². The Labute approximate surface area is 199 Å². The molecule has 9 nitrogen and oxygen atoms in total. The number of nitrogens with zero attached hydrogens (tertiary/aromatic N) is 5. The van der Waals surface area contributed by atoms with Crippen LogP contribution in [-0.2, 0) is 17.5 Å². The number of carboxylic acids is 1. The van der Waals surface area contributed by atoms with Crippen LogP contribution < -0.4 is 5.32 Å². The number of carboxylic acid groups (broad SMARTS) is 1. The number of aromatic nitrogens is 4. The highest BCUT2D eigenvalue weighted by atomic mass is 19.4. The van der Waals surface area contributed by atoms with E-state index in [0.717, 1.165) is 29.0 Å². The van der Waals surface area contributed by atoms with Crippen LogP contribution in [0.3, 0.4) is 0 Å². The third kappa shape index (κ3) is 6.34. The monoisotopic (exact) mass is 490 g/mol. The number of hydrogen-bond donors (Lipinski definition) is 3. The van der Waals surface area contributed by atoms with E-state index in [-0.39, 0.29) is 19.0 Å². The Morgan fingerprint density at radius 3 is 2.63 bits per heavy atom. The summed E-state index contributed by atoms with van der Waals surface area (Å²) in [6.07, 6.45) is 0.803. The summed E-state index contributed by atoms with van der Waals surface area (Å²) >= 11 is 0. The molecule has 1 aromatic carbocycles. The molecule has 1 fully saturated rings. The van der Waals surface area contributed by atoms with E-state index in [1.165, 1.54) is 0 Å². The highest BCUT2D eigenvalue weighted by molar-refractivity contribution is 5.70. The summed E-state index contributed by atoms with van der Waals surface area (Å²) in [7, 11) is 0. The lowest BCUT2D eigenvalue weighted by molar-refractivity contribution is -0.141. The Balaban J connectivity index is 1.46. The van der Waals surface area contributed by atoms with Gasteiger partial charge >= 0.3 is 12.1 Å². The van der Waals surface area contributed by atoms with Crippen molar-refractivity contribution in [2.45, 2.75) is 38.1 Å². The predicted octanol–water partition coefficient (Wildman–Crippen LogP) is 3.32. The van der Waals surface area contributed by atoms with Crippen molar-refractivity contribution in [3.63, 3.8) is 0 Å². The minimum absolute atomic E-state index is 0.0444. The van der Waals surface area contributed by atoms with Gasteiger partial charge in [0.25, 0.3) is 0 Å². The van der Waals surface area contributed by atoms with Crippen LogP contribution >= 0.6 is 0 Å². The fraction of sp³-hybridized carbons (Fsp3) is 0.391. The average molecular weight is 490 g/mol. The summed E-state index contributed by atoms with van der Waals surface area (Å²) in [5, 5.41) is 27.1. The molecule has 3 N–H and O–H groups in total. The van der Waals surface area contributed by atoms with Gasteiger partial charge in [-0.3, -0.25) is 14.4 Å². The van der Waals surface area contributed by atoms with Crippen molar-refractivity contribution in [2.75, 3.05) is 25.0 Å². The number of piperidine rings is 1. The van der Waals surface area contributed by atoms with E-state index in [9.17, 15) is 23.1 Å². The number of aliphatic carboxylic acids is 1. The molecule has 0 radical (unpaired) electrons. The Hall–Kier alpha value is -3.51. The van der Waals surface area contributed by atoms with Crippen LogP contribution in [-0.4, -0.2) is 66.1 Å². The number of rotatable bonds is 7. The van der Waals surface area contributed by atoms with Crippen molar-refractivity contribution in [3.05, 3.63) is 54.1 Å². The highest BCUT2D eigenvalue weighted by Gasteiger charge is 2.34. The zero-order chi connectivity index (χ0) is 25.2. The maximum atomic E-state index is 13.0. The molecule has 0 unspecified atom stereocenters. The smallest absolute Gasteiger partial charge is 0.433 e. The number of aliphatic hydroxyl groups is 1. The summed E-state index contributed by atoms with van der Waals surface area (Å²) in [5.41, 5.74) is 0.933. The van der Waals surface area contributed by atoms with Crippen molar-refractivity contribution in [3.8, 4) is 11.1 Å². The van der Waals surface area contributed by atoms with Gasteiger partial charge in [-0.25, -0.2) is 9.97 Å². The van der Waals surface area contributed by atoms with Crippen LogP contribution in [0.25, 0.3) is 11.1 Å². The molecule has 4 rings (SSSR count). The summed E-state index contributed by atoms with van der Waals surface area (Å²) in [4.78, 5) is 20.1. The fourth-order valence-corrected chi connectivity index (χ4v) is 4.11.